The van der Waals surface area contributed by atoms with Gasteiger partial charge in [-0.2, -0.15) is 0 Å². The van der Waals surface area contributed by atoms with Crippen LogP contribution in [-0.2, 0) is 9.59 Å². The van der Waals surface area contributed by atoms with E-state index in [9.17, 15) is 14.7 Å². The summed E-state index contributed by atoms with van der Waals surface area (Å²) in [7, 11) is 0. The molecular formula is C7H10LiNO3. The largest absolute Gasteiger partial charge is 1.00 e. The fraction of sp³-hybridized carbons (Fsp3) is 0.714. The Kier molecular flexibility index (Phi) is 3.82. The first-order chi connectivity index (χ1) is 5.07. The number of nitrogens with one attached hydrogen (secondary N) is 1. The zero-order valence-electron chi connectivity index (χ0n) is 7.35. The Hall–Kier alpha value is -0.463. The summed E-state index contributed by atoms with van der Waals surface area (Å²) in [5.41, 5.74) is -1.31. The van der Waals surface area contributed by atoms with Crippen molar-refractivity contribution in [2.24, 2.45) is 5.41 Å². The summed E-state index contributed by atoms with van der Waals surface area (Å²) < 4.78 is 0. The molecule has 1 aliphatic rings. The number of amides is 1. The zero-order valence-corrected chi connectivity index (χ0v) is 7.35. The third-order valence-corrected chi connectivity index (χ3v) is 2.09. The van der Waals surface area contributed by atoms with E-state index in [1.807, 2.05) is 0 Å². The fourth-order valence-corrected chi connectivity index (χ4v) is 1.15. The van der Waals surface area contributed by atoms with Crippen molar-refractivity contribution in [1.82, 2.24) is 5.32 Å². The van der Waals surface area contributed by atoms with E-state index < -0.39 is 17.3 Å². The van der Waals surface area contributed by atoms with Crippen LogP contribution in [0.4, 0.5) is 0 Å². The fourth-order valence-electron chi connectivity index (χ4n) is 1.15. The van der Waals surface area contributed by atoms with Crippen LogP contribution in [0.25, 0.3) is 0 Å². The summed E-state index contributed by atoms with van der Waals surface area (Å²) in [5.74, 6) is -1.71. The minimum atomic E-state index is -1.31. The van der Waals surface area contributed by atoms with Gasteiger partial charge in [0.05, 0.1) is 11.4 Å². The first-order valence-corrected chi connectivity index (χ1v) is 3.57. The molecule has 4 nitrogen and oxygen atoms in total. The van der Waals surface area contributed by atoms with Crippen molar-refractivity contribution in [2.75, 3.05) is 6.54 Å². The van der Waals surface area contributed by atoms with Crippen molar-refractivity contribution in [2.45, 2.75) is 19.8 Å². The number of carbonyl (C=O) groups excluding carboxylic acids is 2. The molecule has 1 unspecified atom stereocenters. The van der Waals surface area contributed by atoms with Crippen LogP contribution >= 0.6 is 0 Å². The standard InChI is InChI=1S/C7H11NO3.Li/c1-7(6(10)11)3-2-4-8-5(7)9;/h2-4H2,1H3,(H,8,9)(H,10,11);/q;+1/p-1. The number of hydrogen-bond acceptors (Lipinski definition) is 3. The molecule has 0 aromatic carbocycles. The molecule has 1 atom stereocenters. The summed E-state index contributed by atoms with van der Waals surface area (Å²) in [6.45, 7) is 1.97. The van der Waals surface area contributed by atoms with Crippen LogP contribution in [0.2, 0.25) is 0 Å². The van der Waals surface area contributed by atoms with Gasteiger partial charge in [-0.25, -0.2) is 0 Å². The Balaban J connectivity index is 0.00000121. The molecule has 0 radical (unpaired) electrons. The van der Waals surface area contributed by atoms with E-state index in [0.717, 1.165) is 0 Å². The van der Waals surface area contributed by atoms with Crippen molar-refractivity contribution in [3.8, 4) is 0 Å². The molecule has 1 fully saturated rings. The number of rotatable bonds is 1. The Bertz CT molecular complexity index is 207. The van der Waals surface area contributed by atoms with Gasteiger partial charge in [0.25, 0.3) is 0 Å². The average molecular weight is 163 g/mol. The predicted molar refractivity (Wildman–Crippen MR) is 35.4 cm³/mol. The van der Waals surface area contributed by atoms with Crippen molar-refractivity contribution in [3.63, 3.8) is 0 Å². The van der Waals surface area contributed by atoms with Crippen molar-refractivity contribution < 1.29 is 33.6 Å². The van der Waals surface area contributed by atoms with Crippen LogP contribution in [0.5, 0.6) is 0 Å². The SMILES string of the molecule is CC1(C(=O)[O-])CCCNC1=O.[Li+]. The molecule has 1 N–H and O–H groups in total. The Morgan fingerprint density at radius 3 is 2.58 bits per heavy atom. The summed E-state index contributed by atoms with van der Waals surface area (Å²) in [4.78, 5) is 21.5. The minimum Gasteiger partial charge on any atom is -0.549 e. The van der Waals surface area contributed by atoms with Crippen molar-refractivity contribution in [3.05, 3.63) is 0 Å². The van der Waals surface area contributed by atoms with Gasteiger partial charge in [-0.1, -0.05) is 0 Å². The van der Waals surface area contributed by atoms with Gasteiger partial charge < -0.3 is 15.2 Å². The number of piperidine rings is 1. The number of carboxylic acids is 1. The number of hydrogen-bond donors (Lipinski definition) is 1. The molecule has 0 bridgehead atoms. The Morgan fingerprint density at radius 2 is 2.25 bits per heavy atom. The van der Waals surface area contributed by atoms with Gasteiger partial charge in [-0.3, -0.25) is 4.79 Å². The second-order valence-corrected chi connectivity index (χ2v) is 2.98. The molecule has 0 aromatic rings. The molecule has 1 saturated heterocycles. The molecule has 0 saturated carbocycles. The quantitative estimate of drug-likeness (QED) is 0.314. The molecule has 0 spiro atoms. The topological polar surface area (TPSA) is 69.2 Å². The van der Waals surface area contributed by atoms with Crippen LogP contribution < -0.4 is 29.3 Å². The molecule has 1 amide bonds. The van der Waals surface area contributed by atoms with Gasteiger partial charge in [0.1, 0.15) is 0 Å². The number of carboxylic acid groups (broad SMARTS) is 1. The van der Waals surface area contributed by atoms with E-state index in [1.54, 1.807) is 0 Å². The Labute approximate surface area is 82.9 Å². The molecule has 1 heterocycles. The molecule has 1 rings (SSSR count). The van der Waals surface area contributed by atoms with Crippen LogP contribution in [0, 0.1) is 5.41 Å². The second-order valence-electron chi connectivity index (χ2n) is 2.98. The molecule has 1 aliphatic heterocycles. The maximum atomic E-state index is 11.0. The molecule has 0 aliphatic carbocycles. The first kappa shape index (κ1) is 11.5. The van der Waals surface area contributed by atoms with Crippen molar-refractivity contribution >= 4 is 11.9 Å². The summed E-state index contributed by atoms with van der Waals surface area (Å²) in [5, 5.41) is 13.0. The number of carbonyl (C=O) groups is 2. The smallest absolute Gasteiger partial charge is 0.549 e. The normalized spacial score (nSPS) is 28.6. The zero-order chi connectivity index (χ0) is 8.48. The van der Waals surface area contributed by atoms with Gasteiger partial charge in [-0.15, -0.1) is 0 Å². The van der Waals surface area contributed by atoms with Crippen LogP contribution in [0.1, 0.15) is 19.8 Å². The van der Waals surface area contributed by atoms with Gasteiger partial charge in [0.15, 0.2) is 0 Å². The second kappa shape index (κ2) is 3.97. The average Bonchev–Trinajstić information content (AvgIpc) is 1.95. The van der Waals surface area contributed by atoms with Gasteiger partial charge in [0, 0.05) is 6.54 Å². The van der Waals surface area contributed by atoms with E-state index in [0.29, 0.717) is 19.4 Å². The summed E-state index contributed by atoms with van der Waals surface area (Å²) in [6.07, 6.45) is 1.08. The first-order valence-electron chi connectivity index (χ1n) is 3.57. The van der Waals surface area contributed by atoms with Gasteiger partial charge in [0.2, 0.25) is 5.91 Å². The van der Waals surface area contributed by atoms with E-state index in [4.69, 9.17) is 0 Å². The summed E-state index contributed by atoms with van der Waals surface area (Å²) >= 11 is 0. The van der Waals surface area contributed by atoms with Crippen molar-refractivity contribution in [1.29, 1.82) is 0 Å². The van der Waals surface area contributed by atoms with Gasteiger partial charge >= 0.3 is 18.9 Å². The van der Waals surface area contributed by atoms with Crippen LogP contribution in [-0.4, -0.2) is 18.4 Å². The molecule has 62 valence electrons. The third-order valence-electron chi connectivity index (χ3n) is 2.09. The minimum absolute atomic E-state index is 0. The molecule has 12 heavy (non-hydrogen) atoms. The maximum Gasteiger partial charge on any atom is 1.00 e. The van der Waals surface area contributed by atoms with E-state index in [2.05, 4.69) is 5.32 Å². The molecule has 5 heteroatoms. The molecular weight excluding hydrogens is 153 g/mol. The van der Waals surface area contributed by atoms with E-state index in [1.165, 1.54) is 6.92 Å². The monoisotopic (exact) mass is 163 g/mol. The van der Waals surface area contributed by atoms with E-state index in [-0.39, 0.29) is 18.9 Å². The van der Waals surface area contributed by atoms with Crippen LogP contribution in [0.3, 0.4) is 0 Å². The maximum absolute atomic E-state index is 11.0. The summed E-state index contributed by atoms with van der Waals surface area (Å²) in [6, 6.07) is 0. The van der Waals surface area contributed by atoms with Gasteiger partial charge in [-0.05, 0) is 19.8 Å². The third kappa shape index (κ3) is 1.82. The predicted octanol–water partition coefficient (Wildman–Crippen LogP) is -4.34. The number of aliphatic carboxylic acids is 1. The van der Waals surface area contributed by atoms with Crippen LogP contribution in [0.15, 0.2) is 0 Å². The Morgan fingerprint density at radius 1 is 1.67 bits per heavy atom. The molecule has 0 aromatic heterocycles. The van der Waals surface area contributed by atoms with E-state index >= 15 is 0 Å².